The summed E-state index contributed by atoms with van der Waals surface area (Å²) in [6, 6.07) is 13.2. The van der Waals surface area contributed by atoms with E-state index < -0.39 is 0 Å². The van der Waals surface area contributed by atoms with Gasteiger partial charge in [0.1, 0.15) is 11.6 Å². The molecule has 9 heteroatoms. The van der Waals surface area contributed by atoms with Crippen LogP contribution in [-0.4, -0.2) is 56.6 Å². The number of rotatable bonds is 3. The lowest BCUT2D eigenvalue weighted by Crippen LogP contribution is -2.50. The molecule has 4 aromatic rings. The lowest BCUT2D eigenvalue weighted by Gasteiger charge is -2.34. The van der Waals surface area contributed by atoms with Crippen LogP contribution in [0.1, 0.15) is 7.43 Å². The summed E-state index contributed by atoms with van der Waals surface area (Å²) in [7, 11) is 0. The Morgan fingerprint density at radius 3 is 2.38 bits per heavy atom. The van der Waals surface area contributed by atoms with Gasteiger partial charge in [0, 0.05) is 54.8 Å². The summed E-state index contributed by atoms with van der Waals surface area (Å²) in [5, 5.41) is 0.676. The maximum Gasteiger partial charge on any atom is 0.314 e. The number of primary amides is 1. The van der Waals surface area contributed by atoms with E-state index in [4.69, 9.17) is 22.3 Å². The SMILES string of the molecule is C.NC(=O)N1CCN(c2ccc(-c3nc4ccncc4n3-c3ccc(Cl)cc3)cn2)CC1. The molecule has 164 valence electrons. The predicted octanol–water partition coefficient (Wildman–Crippen LogP) is 3.97. The van der Waals surface area contributed by atoms with Crippen LogP contribution < -0.4 is 10.6 Å². The van der Waals surface area contributed by atoms with Gasteiger partial charge in [-0.1, -0.05) is 19.0 Å². The van der Waals surface area contributed by atoms with Crippen molar-refractivity contribution in [3.63, 3.8) is 0 Å². The number of anilines is 1. The standard InChI is InChI=1S/C22H20ClN7O.CH4/c23-16-2-4-17(5-3-16)30-19-14-25-8-7-18(19)27-21(30)15-1-6-20(26-13-15)28-9-11-29(12-10-28)22(24)31;/h1-8,13-14H,9-12H2,(H2,24,31);1H4. The normalized spacial score (nSPS) is 13.8. The number of imidazole rings is 1. The van der Waals surface area contributed by atoms with E-state index in [9.17, 15) is 4.79 Å². The van der Waals surface area contributed by atoms with Gasteiger partial charge in [0.15, 0.2) is 0 Å². The number of pyridine rings is 2. The molecule has 1 fully saturated rings. The summed E-state index contributed by atoms with van der Waals surface area (Å²) >= 11 is 6.09. The Balaban J connectivity index is 0.00000245. The molecule has 8 nitrogen and oxygen atoms in total. The van der Waals surface area contributed by atoms with Crippen molar-refractivity contribution in [2.45, 2.75) is 7.43 Å². The summed E-state index contributed by atoms with van der Waals surface area (Å²) in [5.41, 5.74) is 8.97. The number of benzene rings is 1. The molecule has 0 atom stereocenters. The Morgan fingerprint density at radius 2 is 1.72 bits per heavy atom. The molecule has 2 amide bonds. The number of hydrogen-bond acceptors (Lipinski definition) is 5. The van der Waals surface area contributed by atoms with Crippen molar-refractivity contribution in [1.82, 2.24) is 24.4 Å². The summed E-state index contributed by atoms with van der Waals surface area (Å²) in [6.07, 6.45) is 5.37. The Bertz CT molecular complexity index is 1230. The third-order valence-corrected chi connectivity index (χ3v) is 5.71. The maximum atomic E-state index is 11.3. The zero-order chi connectivity index (χ0) is 21.4. The Kier molecular flexibility index (Phi) is 5.96. The lowest BCUT2D eigenvalue weighted by atomic mass is 10.2. The predicted molar refractivity (Wildman–Crippen MR) is 127 cm³/mol. The average Bonchev–Trinajstić information content (AvgIpc) is 3.19. The van der Waals surface area contributed by atoms with Gasteiger partial charge < -0.3 is 15.5 Å². The molecular weight excluding hydrogens is 426 g/mol. The van der Waals surface area contributed by atoms with Crippen LogP contribution in [0.4, 0.5) is 10.6 Å². The summed E-state index contributed by atoms with van der Waals surface area (Å²) in [6.45, 7) is 2.59. The van der Waals surface area contributed by atoms with Crippen LogP contribution in [0, 0.1) is 0 Å². The molecule has 0 aliphatic carbocycles. The van der Waals surface area contributed by atoms with Crippen LogP contribution in [0.15, 0.2) is 61.1 Å². The van der Waals surface area contributed by atoms with E-state index in [2.05, 4.69) is 19.4 Å². The van der Waals surface area contributed by atoms with Crippen molar-refractivity contribution >= 4 is 34.5 Å². The van der Waals surface area contributed by atoms with Crippen LogP contribution in [0.5, 0.6) is 0 Å². The Hall–Kier alpha value is -3.65. The highest BCUT2D eigenvalue weighted by Crippen LogP contribution is 2.29. The van der Waals surface area contributed by atoms with E-state index in [1.165, 1.54) is 0 Å². The zero-order valence-corrected chi connectivity index (χ0v) is 17.4. The van der Waals surface area contributed by atoms with Gasteiger partial charge in [-0.15, -0.1) is 0 Å². The van der Waals surface area contributed by atoms with Crippen LogP contribution in [0.3, 0.4) is 0 Å². The summed E-state index contributed by atoms with van der Waals surface area (Å²) < 4.78 is 2.06. The number of nitrogens with two attached hydrogens (primary N) is 1. The molecule has 1 saturated heterocycles. The van der Waals surface area contributed by atoms with Gasteiger partial charge in [0.05, 0.1) is 17.2 Å². The minimum absolute atomic E-state index is 0. The molecule has 1 aliphatic heterocycles. The molecule has 4 heterocycles. The van der Waals surface area contributed by atoms with Crippen LogP contribution >= 0.6 is 11.6 Å². The van der Waals surface area contributed by atoms with E-state index in [0.717, 1.165) is 33.9 Å². The Morgan fingerprint density at radius 1 is 0.969 bits per heavy atom. The highest BCUT2D eigenvalue weighted by atomic mass is 35.5. The van der Waals surface area contributed by atoms with E-state index in [-0.39, 0.29) is 13.5 Å². The minimum Gasteiger partial charge on any atom is -0.353 e. The fourth-order valence-corrected chi connectivity index (χ4v) is 3.96. The van der Waals surface area contributed by atoms with Crippen molar-refractivity contribution < 1.29 is 4.79 Å². The third kappa shape index (κ3) is 3.97. The van der Waals surface area contributed by atoms with Crippen molar-refractivity contribution in [1.29, 1.82) is 0 Å². The molecule has 0 unspecified atom stereocenters. The zero-order valence-electron chi connectivity index (χ0n) is 16.6. The van der Waals surface area contributed by atoms with Crippen molar-refractivity contribution in [3.05, 3.63) is 66.1 Å². The maximum absolute atomic E-state index is 11.3. The second kappa shape index (κ2) is 8.84. The summed E-state index contributed by atoms with van der Waals surface area (Å²) in [5.74, 6) is 1.65. The van der Waals surface area contributed by atoms with E-state index in [1.807, 2.05) is 48.7 Å². The topological polar surface area (TPSA) is 93.2 Å². The molecule has 0 bridgehead atoms. The highest BCUT2D eigenvalue weighted by molar-refractivity contribution is 6.30. The van der Waals surface area contributed by atoms with E-state index >= 15 is 0 Å². The number of carbonyl (C=O) groups is 1. The molecule has 2 N–H and O–H groups in total. The molecule has 32 heavy (non-hydrogen) atoms. The van der Waals surface area contributed by atoms with Gasteiger partial charge in [-0.3, -0.25) is 9.55 Å². The van der Waals surface area contributed by atoms with Gasteiger partial charge >= 0.3 is 6.03 Å². The molecular formula is C23H24ClN7O. The first kappa shape index (κ1) is 21.6. The number of halogens is 1. The monoisotopic (exact) mass is 449 g/mol. The number of nitrogens with zero attached hydrogens (tertiary/aromatic N) is 6. The lowest BCUT2D eigenvalue weighted by molar-refractivity contribution is 0.204. The van der Waals surface area contributed by atoms with Crippen LogP contribution in [-0.2, 0) is 0 Å². The first-order valence-electron chi connectivity index (χ1n) is 9.94. The molecule has 3 aromatic heterocycles. The van der Waals surface area contributed by atoms with Gasteiger partial charge in [-0.2, -0.15) is 0 Å². The molecule has 0 radical (unpaired) electrons. The second-order valence-electron chi connectivity index (χ2n) is 7.33. The molecule has 1 aliphatic rings. The first-order chi connectivity index (χ1) is 15.1. The number of piperazine rings is 1. The van der Waals surface area contributed by atoms with E-state index in [1.54, 1.807) is 17.3 Å². The molecule has 1 aromatic carbocycles. The smallest absolute Gasteiger partial charge is 0.314 e. The fraction of sp³-hybridized carbons (Fsp3) is 0.217. The fourth-order valence-electron chi connectivity index (χ4n) is 3.83. The number of carbonyl (C=O) groups excluding carboxylic acids is 1. The van der Waals surface area contributed by atoms with Crippen molar-refractivity contribution in [2.24, 2.45) is 5.73 Å². The number of aromatic nitrogens is 4. The number of amides is 2. The number of urea groups is 1. The van der Waals surface area contributed by atoms with Gasteiger partial charge in [-0.25, -0.2) is 14.8 Å². The molecule has 0 spiro atoms. The average molecular weight is 450 g/mol. The number of fused-ring (bicyclic) bond motifs is 1. The quantitative estimate of drug-likeness (QED) is 0.510. The number of hydrogen-bond donors (Lipinski definition) is 1. The van der Waals surface area contributed by atoms with Gasteiger partial charge in [0.2, 0.25) is 0 Å². The third-order valence-electron chi connectivity index (χ3n) is 5.46. The molecule has 5 rings (SSSR count). The van der Waals surface area contributed by atoms with Crippen molar-refractivity contribution in [2.75, 3.05) is 31.1 Å². The van der Waals surface area contributed by atoms with Crippen LogP contribution in [0.25, 0.3) is 28.1 Å². The highest BCUT2D eigenvalue weighted by Gasteiger charge is 2.21. The van der Waals surface area contributed by atoms with Gasteiger partial charge in [-0.05, 0) is 42.5 Å². The minimum atomic E-state index is -0.376. The molecule has 0 saturated carbocycles. The Labute approximate surface area is 191 Å². The largest absolute Gasteiger partial charge is 0.353 e. The van der Waals surface area contributed by atoms with Crippen LogP contribution in [0.2, 0.25) is 5.02 Å². The first-order valence-corrected chi connectivity index (χ1v) is 10.3. The van der Waals surface area contributed by atoms with Gasteiger partial charge in [0.25, 0.3) is 0 Å². The van der Waals surface area contributed by atoms with E-state index in [0.29, 0.717) is 31.2 Å². The second-order valence-corrected chi connectivity index (χ2v) is 7.77. The van der Waals surface area contributed by atoms with Crippen molar-refractivity contribution in [3.8, 4) is 17.1 Å². The summed E-state index contributed by atoms with van der Waals surface area (Å²) in [4.78, 5) is 28.9.